The summed E-state index contributed by atoms with van der Waals surface area (Å²) in [5.41, 5.74) is 3.43. The zero-order valence-corrected chi connectivity index (χ0v) is 20.2. The number of ether oxygens (including phenoxy) is 1. The van der Waals surface area contributed by atoms with E-state index in [2.05, 4.69) is 10.6 Å². The number of rotatable bonds is 9. The predicted molar refractivity (Wildman–Crippen MR) is 128 cm³/mol. The van der Waals surface area contributed by atoms with E-state index in [0.717, 1.165) is 35.1 Å². The SMILES string of the molecule is Cc1ccc(C[C@@H](NC(=O)CC(C)C2=C(CNC(=O)OC(C)(C)C)C=CCC2)C(=O)O)cc1. The van der Waals surface area contributed by atoms with Gasteiger partial charge in [0.1, 0.15) is 11.6 Å². The highest BCUT2D eigenvalue weighted by molar-refractivity contribution is 5.84. The summed E-state index contributed by atoms with van der Waals surface area (Å²) in [6.45, 7) is 9.66. The van der Waals surface area contributed by atoms with E-state index in [1.807, 2.05) is 71.0 Å². The summed E-state index contributed by atoms with van der Waals surface area (Å²) < 4.78 is 5.29. The van der Waals surface area contributed by atoms with Crippen molar-refractivity contribution in [3.63, 3.8) is 0 Å². The van der Waals surface area contributed by atoms with Gasteiger partial charge >= 0.3 is 12.1 Å². The Hall–Kier alpha value is -3.09. The minimum atomic E-state index is -1.06. The molecule has 0 spiro atoms. The Labute approximate surface area is 196 Å². The summed E-state index contributed by atoms with van der Waals surface area (Å²) in [6, 6.07) is 6.62. The molecule has 0 radical (unpaired) electrons. The molecule has 33 heavy (non-hydrogen) atoms. The van der Waals surface area contributed by atoms with Crippen LogP contribution in [0, 0.1) is 12.8 Å². The number of carbonyl (C=O) groups is 3. The lowest BCUT2D eigenvalue weighted by molar-refractivity contribution is -0.141. The standard InChI is InChI=1S/C26H36N2O5/c1-17-10-12-19(13-11-17)15-22(24(30)31)28-23(29)14-18(2)21-9-7-6-8-20(21)16-27-25(32)33-26(3,4)5/h6,8,10-13,18,22H,7,9,14-16H2,1-5H3,(H,27,32)(H,28,29)(H,30,31)/t18?,22-/m1/s1. The first-order valence-electron chi connectivity index (χ1n) is 11.4. The lowest BCUT2D eigenvalue weighted by Crippen LogP contribution is -2.42. The minimum absolute atomic E-state index is 0.0841. The number of amides is 2. The van der Waals surface area contributed by atoms with E-state index in [0.29, 0.717) is 6.54 Å². The molecular formula is C26H36N2O5. The van der Waals surface area contributed by atoms with Gasteiger partial charge in [0.05, 0.1) is 0 Å². The summed E-state index contributed by atoms with van der Waals surface area (Å²) in [6.07, 6.45) is 5.60. The highest BCUT2D eigenvalue weighted by Crippen LogP contribution is 2.28. The van der Waals surface area contributed by atoms with E-state index in [1.165, 1.54) is 0 Å². The van der Waals surface area contributed by atoms with Crippen LogP contribution in [0.25, 0.3) is 0 Å². The molecule has 1 aromatic rings. The number of hydrogen-bond acceptors (Lipinski definition) is 4. The number of carboxylic acids is 1. The number of aryl methyl sites for hydroxylation is 1. The average Bonchev–Trinajstić information content (AvgIpc) is 2.72. The molecule has 180 valence electrons. The van der Waals surface area contributed by atoms with Crippen LogP contribution in [-0.4, -0.2) is 41.3 Å². The molecule has 0 heterocycles. The minimum Gasteiger partial charge on any atom is -0.480 e. The third-order valence-electron chi connectivity index (χ3n) is 5.41. The summed E-state index contributed by atoms with van der Waals surface area (Å²) in [5.74, 6) is -1.44. The highest BCUT2D eigenvalue weighted by atomic mass is 16.6. The maximum absolute atomic E-state index is 12.7. The van der Waals surface area contributed by atoms with Gasteiger partial charge < -0.3 is 20.5 Å². The van der Waals surface area contributed by atoms with Gasteiger partial charge in [0.25, 0.3) is 0 Å². The zero-order chi connectivity index (χ0) is 24.6. The smallest absolute Gasteiger partial charge is 0.407 e. The van der Waals surface area contributed by atoms with Crippen molar-refractivity contribution >= 4 is 18.0 Å². The molecule has 7 heteroatoms. The van der Waals surface area contributed by atoms with Crippen LogP contribution in [0.1, 0.15) is 58.1 Å². The van der Waals surface area contributed by atoms with Crippen LogP contribution < -0.4 is 10.6 Å². The predicted octanol–water partition coefficient (Wildman–Crippen LogP) is 4.30. The Bertz CT molecular complexity index is 910. The Morgan fingerprint density at radius 3 is 2.42 bits per heavy atom. The molecule has 0 bridgehead atoms. The van der Waals surface area contributed by atoms with E-state index in [-0.39, 0.29) is 24.7 Å². The van der Waals surface area contributed by atoms with Gasteiger partial charge in [-0.3, -0.25) is 4.79 Å². The molecule has 1 aromatic carbocycles. The third kappa shape index (κ3) is 9.12. The lowest BCUT2D eigenvalue weighted by Gasteiger charge is -2.24. The lowest BCUT2D eigenvalue weighted by atomic mass is 9.86. The van der Waals surface area contributed by atoms with Crippen LogP contribution in [0.4, 0.5) is 4.79 Å². The van der Waals surface area contributed by atoms with Gasteiger partial charge in [0.2, 0.25) is 5.91 Å². The summed E-state index contributed by atoms with van der Waals surface area (Å²) in [7, 11) is 0. The Morgan fingerprint density at radius 1 is 1.15 bits per heavy atom. The Kier molecular flexibility index (Phi) is 9.26. The quantitative estimate of drug-likeness (QED) is 0.514. The normalized spacial score (nSPS) is 15.5. The third-order valence-corrected chi connectivity index (χ3v) is 5.41. The van der Waals surface area contributed by atoms with Crippen LogP contribution in [0.5, 0.6) is 0 Å². The molecule has 1 aliphatic carbocycles. The van der Waals surface area contributed by atoms with Gasteiger partial charge in [-0.15, -0.1) is 0 Å². The molecule has 0 fully saturated rings. The maximum atomic E-state index is 12.7. The van der Waals surface area contributed by atoms with Crippen molar-refractivity contribution in [3.8, 4) is 0 Å². The molecule has 3 N–H and O–H groups in total. The number of alkyl carbamates (subject to hydrolysis) is 1. The van der Waals surface area contributed by atoms with Gasteiger partial charge in [0.15, 0.2) is 0 Å². The number of nitrogens with one attached hydrogen (secondary N) is 2. The fraction of sp³-hybridized carbons (Fsp3) is 0.500. The second-order valence-corrected chi connectivity index (χ2v) is 9.60. The topological polar surface area (TPSA) is 105 Å². The summed E-state index contributed by atoms with van der Waals surface area (Å²) in [5, 5.41) is 15.0. The number of carboxylic acid groups (broad SMARTS) is 1. The van der Waals surface area contributed by atoms with Crippen molar-refractivity contribution in [2.75, 3.05) is 6.54 Å². The van der Waals surface area contributed by atoms with Crippen LogP contribution in [-0.2, 0) is 20.7 Å². The van der Waals surface area contributed by atoms with Crippen molar-refractivity contribution in [1.29, 1.82) is 0 Å². The highest BCUT2D eigenvalue weighted by Gasteiger charge is 2.24. The molecule has 0 saturated carbocycles. The molecular weight excluding hydrogens is 420 g/mol. The second kappa shape index (κ2) is 11.7. The molecule has 2 amide bonds. The van der Waals surface area contributed by atoms with E-state index in [9.17, 15) is 19.5 Å². The second-order valence-electron chi connectivity index (χ2n) is 9.60. The van der Waals surface area contributed by atoms with Crippen molar-refractivity contribution in [1.82, 2.24) is 10.6 Å². The summed E-state index contributed by atoms with van der Waals surface area (Å²) >= 11 is 0. The fourth-order valence-electron chi connectivity index (χ4n) is 3.76. The zero-order valence-electron chi connectivity index (χ0n) is 20.2. The maximum Gasteiger partial charge on any atom is 0.407 e. The van der Waals surface area contributed by atoms with Crippen LogP contribution >= 0.6 is 0 Å². The van der Waals surface area contributed by atoms with Crippen LogP contribution in [0.3, 0.4) is 0 Å². The molecule has 7 nitrogen and oxygen atoms in total. The van der Waals surface area contributed by atoms with Crippen LogP contribution in [0.15, 0.2) is 47.6 Å². The van der Waals surface area contributed by atoms with Gasteiger partial charge in [-0.2, -0.15) is 0 Å². The number of carbonyl (C=O) groups excluding carboxylic acids is 2. The summed E-state index contributed by atoms with van der Waals surface area (Å²) in [4.78, 5) is 36.4. The number of hydrogen-bond donors (Lipinski definition) is 3. The van der Waals surface area contributed by atoms with Crippen molar-refractivity contribution in [2.24, 2.45) is 5.92 Å². The first-order valence-corrected chi connectivity index (χ1v) is 11.4. The average molecular weight is 457 g/mol. The molecule has 2 atom stereocenters. The first-order chi connectivity index (χ1) is 15.4. The van der Waals surface area contributed by atoms with Crippen molar-refractivity contribution < 1.29 is 24.2 Å². The number of aliphatic carboxylic acids is 1. The van der Waals surface area contributed by atoms with Crippen molar-refractivity contribution in [3.05, 3.63) is 58.7 Å². The molecule has 1 aliphatic rings. The fourth-order valence-corrected chi connectivity index (χ4v) is 3.76. The van der Waals surface area contributed by atoms with Gasteiger partial charge in [-0.1, -0.05) is 54.5 Å². The molecule has 0 aliphatic heterocycles. The number of benzene rings is 1. The molecule has 2 rings (SSSR count). The van der Waals surface area contributed by atoms with Crippen molar-refractivity contribution in [2.45, 2.75) is 71.9 Å². The van der Waals surface area contributed by atoms with E-state index < -0.39 is 23.7 Å². The number of allylic oxidation sites excluding steroid dienone is 2. The van der Waals surface area contributed by atoms with Crippen LogP contribution in [0.2, 0.25) is 0 Å². The van der Waals surface area contributed by atoms with Gasteiger partial charge in [0, 0.05) is 19.4 Å². The molecule has 0 aromatic heterocycles. The Morgan fingerprint density at radius 2 is 1.82 bits per heavy atom. The van der Waals surface area contributed by atoms with Gasteiger partial charge in [-0.05, 0) is 57.6 Å². The first kappa shape index (κ1) is 26.2. The molecule has 1 unspecified atom stereocenters. The monoisotopic (exact) mass is 456 g/mol. The van der Waals surface area contributed by atoms with E-state index in [1.54, 1.807) is 0 Å². The van der Waals surface area contributed by atoms with E-state index >= 15 is 0 Å². The van der Waals surface area contributed by atoms with E-state index in [4.69, 9.17) is 4.74 Å². The van der Waals surface area contributed by atoms with Gasteiger partial charge in [-0.25, -0.2) is 9.59 Å². The Balaban J connectivity index is 1.99. The largest absolute Gasteiger partial charge is 0.480 e. The molecule has 0 saturated heterocycles.